The zero-order valence-electron chi connectivity index (χ0n) is 18.4. The molecule has 3 rings (SSSR count). The van der Waals surface area contributed by atoms with Gasteiger partial charge in [-0.25, -0.2) is 22.8 Å². The number of aryl methyl sites for hydroxylation is 2. The number of ether oxygens (including phenoxy) is 2. The molecule has 0 aliphatic rings. The minimum absolute atomic E-state index is 0.00706. The van der Waals surface area contributed by atoms with Gasteiger partial charge in [-0.05, 0) is 45.9 Å². The molecule has 1 aromatic carbocycles. The molecule has 0 unspecified atom stereocenters. The highest BCUT2D eigenvalue weighted by Gasteiger charge is 2.20. The van der Waals surface area contributed by atoms with E-state index in [9.17, 15) is 13.2 Å². The Hall–Kier alpha value is -2.76. The summed E-state index contributed by atoms with van der Waals surface area (Å²) in [6.07, 6.45) is 0. The first-order chi connectivity index (χ1) is 15.2. The van der Waals surface area contributed by atoms with E-state index in [-0.39, 0.29) is 29.3 Å². The Balaban J connectivity index is 1.77. The molecule has 0 aliphatic heterocycles. The van der Waals surface area contributed by atoms with Crippen molar-refractivity contribution in [1.29, 1.82) is 0 Å². The highest BCUT2D eigenvalue weighted by Crippen LogP contribution is 2.29. The molecule has 0 spiro atoms. The minimum Gasteiger partial charge on any atom is -0.494 e. The fourth-order valence-corrected chi connectivity index (χ4v) is 5.13. The molecule has 9 nitrogen and oxygen atoms in total. The lowest BCUT2D eigenvalue weighted by Gasteiger charge is -2.14. The van der Waals surface area contributed by atoms with Gasteiger partial charge in [0.05, 0.1) is 35.3 Å². The Morgan fingerprint density at radius 3 is 2.50 bits per heavy atom. The average Bonchev–Trinajstić information content (AvgIpc) is 3.08. The predicted molar refractivity (Wildman–Crippen MR) is 123 cm³/mol. The van der Waals surface area contributed by atoms with Crippen LogP contribution >= 0.6 is 11.3 Å². The van der Waals surface area contributed by atoms with E-state index in [1.807, 2.05) is 20.8 Å². The van der Waals surface area contributed by atoms with Gasteiger partial charge < -0.3 is 9.47 Å². The van der Waals surface area contributed by atoms with E-state index in [1.54, 1.807) is 25.1 Å². The number of thiazole rings is 1. The van der Waals surface area contributed by atoms with Gasteiger partial charge in [0, 0.05) is 18.7 Å². The van der Waals surface area contributed by atoms with E-state index in [4.69, 9.17) is 9.47 Å². The Bertz CT molecular complexity index is 1250. The van der Waals surface area contributed by atoms with Crippen LogP contribution < -0.4 is 19.8 Å². The number of nitrogens with zero attached hydrogens (tertiary/aromatic N) is 3. The third-order valence-electron chi connectivity index (χ3n) is 4.43. The largest absolute Gasteiger partial charge is 0.494 e. The molecule has 0 atom stereocenters. The van der Waals surface area contributed by atoms with Crippen LogP contribution in [0.4, 0.5) is 0 Å². The first kappa shape index (κ1) is 23.9. The molecule has 3 aromatic rings. The predicted octanol–water partition coefficient (Wildman–Crippen LogP) is 2.76. The summed E-state index contributed by atoms with van der Waals surface area (Å²) >= 11 is 1.49. The van der Waals surface area contributed by atoms with Gasteiger partial charge in [0.1, 0.15) is 22.1 Å². The molecule has 0 amide bonds. The van der Waals surface area contributed by atoms with E-state index in [0.29, 0.717) is 24.7 Å². The molecule has 0 radical (unpaired) electrons. The normalized spacial score (nSPS) is 11.5. The summed E-state index contributed by atoms with van der Waals surface area (Å²) in [5, 5.41) is 5.29. The molecule has 32 heavy (non-hydrogen) atoms. The Kier molecular flexibility index (Phi) is 7.64. The molecule has 2 heterocycles. The second-order valence-electron chi connectivity index (χ2n) is 6.80. The standard InChI is InChI=1S/C21H26N4O5S2/c1-5-29-16-7-9-19(18(13-16)30-6-2)32(27,28)22-11-12-25-20(26)10-8-17(24-25)21-14(3)23-15(4)31-21/h7-10,13,22H,5-6,11-12H2,1-4H3. The second kappa shape index (κ2) is 10.2. The molecular formula is C21H26N4O5S2. The highest BCUT2D eigenvalue weighted by molar-refractivity contribution is 7.89. The number of nitrogens with one attached hydrogen (secondary N) is 1. The maximum atomic E-state index is 12.9. The number of rotatable bonds is 10. The summed E-state index contributed by atoms with van der Waals surface area (Å²) in [6, 6.07) is 7.65. The van der Waals surface area contributed by atoms with Crippen LogP contribution in [0.2, 0.25) is 0 Å². The first-order valence-electron chi connectivity index (χ1n) is 10.2. The van der Waals surface area contributed by atoms with Crippen molar-refractivity contribution >= 4 is 21.4 Å². The molecule has 0 aliphatic carbocycles. The van der Waals surface area contributed by atoms with Crippen molar-refractivity contribution in [2.45, 2.75) is 39.1 Å². The van der Waals surface area contributed by atoms with Crippen LogP contribution in [-0.4, -0.2) is 42.9 Å². The van der Waals surface area contributed by atoms with E-state index >= 15 is 0 Å². The number of sulfonamides is 1. The second-order valence-corrected chi connectivity index (χ2v) is 9.74. The fraction of sp³-hybridized carbons (Fsp3) is 0.381. The molecule has 2 aromatic heterocycles. The van der Waals surface area contributed by atoms with E-state index < -0.39 is 10.0 Å². The van der Waals surface area contributed by atoms with Crippen molar-refractivity contribution in [3.63, 3.8) is 0 Å². The van der Waals surface area contributed by atoms with Gasteiger partial charge in [0.2, 0.25) is 10.0 Å². The van der Waals surface area contributed by atoms with Gasteiger partial charge in [0.15, 0.2) is 0 Å². The summed E-state index contributed by atoms with van der Waals surface area (Å²) in [6.45, 7) is 8.23. The lowest BCUT2D eigenvalue weighted by molar-refractivity contribution is 0.317. The molecule has 0 saturated carbocycles. The van der Waals surface area contributed by atoms with E-state index in [2.05, 4.69) is 14.8 Å². The zero-order chi connectivity index (χ0) is 23.3. The summed E-state index contributed by atoms with van der Waals surface area (Å²) < 4.78 is 40.4. The number of hydrogen-bond donors (Lipinski definition) is 1. The molecular weight excluding hydrogens is 452 g/mol. The fourth-order valence-electron chi connectivity index (χ4n) is 3.10. The van der Waals surface area contributed by atoms with Crippen molar-refractivity contribution < 1.29 is 17.9 Å². The van der Waals surface area contributed by atoms with Gasteiger partial charge in [-0.2, -0.15) is 5.10 Å². The monoisotopic (exact) mass is 478 g/mol. The summed E-state index contributed by atoms with van der Waals surface area (Å²) in [5.41, 5.74) is 1.15. The van der Waals surface area contributed by atoms with E-state index in [1.165, 1.54) is 28.2 Å². The molecule has 0 bridgehead atoms. The van der Waals surface area contributed by atoms with Crippen LogP contribution in [-0.2, 0) is 16.6 Å². The smallest absolute Gasteiger partial charge is 0.266 e. The highest BCUT2D eigenvalue weighted by atomic mass is 32.2. The zero-order valence-corrected chi connectivity index (χ0v) is 20.0. The number of benzene rings is 1. The van der Waals surface area contributed by atoms with Gasteiger partial charge in [0.25, 0.3) is 5.56 Å². The van der Waals surface area contributed by atoms with E-state index in [0.717, 1.165) is 15.6 Å². The van der Waals surface area contributed by atoms with Crippen molar-refractivity contribution in [2.24, 2.45) is 0 Å². The topological polar surface area (TPSA) is 112 Å². The Morgan fingerprint density at radius 1 is 1.09 bits per heavy atom. The van der Waals surface area contributed by atoms with Crippen LogP contribution in [0.25, 0.3) is 10.6 Å². The van der Waals surface area contributed by atoms with Crippen molar-refractivity contribution in [1.82, 2.24) is 19.5 Å². The number of aromatic nitrogens is 3. The summed E-state index contributed by atoms with van der Waals surface area (Å²) in [4.78, 5) is 17.5. The lowest BCUT2D eigenvalue weighted by atomic mass is 10.3. The minimum atomic E-state index is -3.88. The molecule has 1 N–H and O–H groups in total. The first-order valence-corrected chi connectivity index (χ1v) is 12.5. The molecule has 172 valence electrons. The van der Waals surface area contributed by atoms with Crippen LogP contribution in [0, 0.1) is 13.8 Å². The van der Waals surface area contributed by atoms with Crippen molar-refractivity contribution in [3.8, 4) is 22.1 Å². The molecule has 0 saturated heterocycles. The third kappa shape index (κ3) is 5.53. The van der Waals surface area contributed by atoms with Crippen LogP contribution in [0.15, 0.2) is 40.0 Å². The Labute approximate surface area is 191 Å². The summed E-state index contributed by atoms with van der Waals surface area (Å²) in [5.74, 6) is 0.732. The van der Waals surface area contributed by atoms with Crippen molar-refractivity contribution in [2.75, 3.05) is 19.8 Å². The SMILES string of the molecule is CCOc1ccc(S(=O)(=O)NCCn2nc(-c3sc(C)nc3C)ccc2=O)c(OCC)c1. The Morgan fingerprint density at radius 2 is 1.84 bits per heavy atom. The van der Waals surface area contributed by atoms with Gasteiger partial charge in [-0.15, -0.1) is 11.3 Å². The van der Waals surface area contributed by atoms with Crippen LogP contribution in [0.5, 0.6) is 11.5 Å². The van der Waals surface area contributed by atoms with Gasteiger partial charge in [-0.3, -0.25) is 4.79 Å². The molecule has 0 fully saturated rings. The van der Waals surface area contributed by atoms with Crippen LogP contribution in [0.1, 0.15) is 24.5 Å². The molecule has 11 heteroatoms. The van der Waals surface area contributed by atoms with Crippen LogP contribution in [0.3, 0.4) is 0 Å². The van der Waals surface area contributed by atoms with Gasteiger partial charge in [-0.1, -0.05) is 0 Å². The number of hydrogen-bond acceptors (Lipinski definition) is 8. The maximum absolute atomic E-state index is 12.9. The maximum Gasteiger partial charge on any atom is 0.266 e. The summed E-state index contributed by atoms with van der Waals surface area (Å²) in [7, 11) is -3.88. The quantitative estimate of drug-likeness (QED) is 0.477. The average molecular weight is 479 g/mol. The van der Waals surface area contributed by atoms with Crippen molar-refractivity contribution in [3.05, 3.63) is 51.4 Å². The lowest BCUT2D eigenvalue weighted by Crippen LogP contribution is -2.32. The van der Waals surface area contributed by atoms with Gasteiger partial charge >= 0.3 is 0 Å². The third-order valence-corrected chi connectivity index (χ3v) is 7.03.